The van der Waals surface area contributed by atoms with Crippen molar-refractivity contribution in [3.05, 3.63) is 84.8 Å². The van der Waals surface area contributed by atoms with Gasteiger partial charge in [0.1, 0.15) is 5.75 Å². The highest BCUT2D eigenvalue weighted by atomic mass is 79.9. The highest BCUT2D eigenvalue weighted by Crippen LogP contribution is 2.33. The molecule has 0 atom stereocenters. The number of hydrogen-bond acceptors (Lipinski definition) is 3. The van der Waals surface area contributed by atoms with Crippen molar-refractivity contribution in [3.8, 4) is 5.75 Å². The Balaban J connectivity index is 1.76. The Hall–Kier alpha value is -2.15. The van der Waals surface area contributed by atoms with E-state index in [1.54, 1.807) is 18.3 Å². The summed E-state index contributed by atoms with van der Waals surface area (Å²) in [7, 11) is 0. The molecule has 0 saturated carbocycles. The molecule has 1 N–H and O–H groups in total. The first-order valence-corrected chi connectivity index (χ1v) is 11.5. The third kappa shape index (κ3) is 6.42. The van der Waals surface area contributed by atoms with Gasteiger partial charge in [-0.1, -0.05) is 51.3 Å². The molecule has 160 valence electrons. The van der Waals surface area contributed by atoms with E-state index in [0.717, 1.165) is 31.3 Å². The van der Waals surface area contributed by atoms with Gasteiger partial charge in [0, 0.05) is 27.0 Å². The molecule has 0 aliphatic heterocycles. The van der Waals surface area contributed by atoms with Crippen LogP contribution in [-0.2, 0) is 4.79 Å². The van der Waals surface area contributed by atoms with E-state index in [1.165, 1.54) is 5.56 Å². The summed E-state index contributed by atoms with van der Waals surface area (Å²) in [6, 6.07) is 15.2. The number of rotatable bonds is 6. The van der Waals surface area contributed by atoms with Crippen LogP contribution in [0.3, 0.4) is 0 Å². The number of nitrogens with one attached hydrogen (secondary N) is 1. The second-order valence-electron chi connectivity index (χ2n) is 7.15. The molecule has 0 heterocycles. The van der Waals surface area contributed by atoms with Gasteiger partial charge < -0.3 is 10.1 Å². The van der Waals surface area contributed by atoms with Crippen LogP contribution < -0.4 is 10.1 Å². The quantitative estimate of drug-likeness (QED) is 0.314. The topological polar surface area (TPSA) is 50.7 Å². The van der Waals surface area contributed by atoms with Gasteiger partial charge in [-0.15, -0.1) is 0 Å². The van der Waals surface area contributed by atoms with Gasteiger partial charge in [0.05, 0.1) is 10.2 Å². The third-order valence-electron chi connectivity index (χ3n) is 4.54. The maximum absolute atomic E-state index is 12.4. The average Bonchev–Trinajstić information content (AvgIpc) is 2.69. The number of hydrogen-bond donors (Lipinski definition) is 1. The molecule has 0 aromatic heterocycles. The first-order chi connectivity index (χ1) is 14.7. The molecule has 0 spiro atoms. The minimum atomic E-state index is -0.285. The Kier molecular flexibility index (Phi) is 7.92. The van der Waals surface area contributed by atoms with Crippen LogP contribution in [0.1, 0.15) is 22.3 Å². The summed E-state index contributed by atoms with van der Waals surface area (Å²) in [5, 5.41) is 3.39. The average molecular weight is 565 g/mol. The summed E-state index contributed by atoms with van der Waals surface area (Å²) >= 11 is 13.1. The highest BCUT2D eigenvalue weighted by molar-refractivity contribution is 9.11. The van der Waals surface area contributed by atoms with Gasteiger partial charge in [-0.2, -0.15) is 0 Å². The molecular formula is C24H21Br2ClN2O2. The van der Waals surface area contributed by atoms with E-state index in [1.807, 2.05) is 51.1 Å². The Morgan fingerprint density at radius 2 is 1.84 bits per heavy atom. The van der Waals surface area contributed by atoms with Crippen LogP contribution in [0.4, 0.5) is 11.4 Å². The van der Waals surface area contributed by atoms with Crippen molar-refractivity contribution in [1.82, 2.24) is 0 Å². The second kappa shape index (κ2) is 10.4. The fraction of sp³-hybridized carbons (Fsp3) is 0.167. The summed E-state index contributed by atoms with van der Waals surface area (Å²) in [6.07, 6.45) is 1.74. The van der Waals surface area contributed by atoms with Gasteiger partial charge in [-0.3, -0.25) is 9.79 Å². The number of amides is 1. The van der Waals surface area contributed by atoms with E-state index < -0.39 is 0 Å². The van der Waals surface area contributed by atoms with Gasteiger partial charge in [0.25, 0.3) is 5.91 Å². The van der Waals surface area contributed by atoms with Gasteiger partial charge in [0.2, 0.25) is 0 Å². The van der Waals surface area contributed by atoms with Crippen LogP contribution in [0.2, 0.25) is 5.02 Å². The second-order valence-corrected chi connectivity index (χ2v) is 9.33. The van der Waals surface area contributed by atoms with Crippen LogP contribution in [0.5, 0.6) is 5.75 Å². The molecule has 0 fully saturated rings. The number of ether oxygens (including phenoxy) is 1. The van der Waals surface area contributed by atoms with Gasteiger partial charge in [0.15, 0.2) is 6.61 Å². The monoisotopic (exact) mass is 562 g/mol. The van der Waals surface area contributed by atoms with E-state index in [0.29, 0.717) is 16.5 Å². The maximum atomic E-state index is 12.4. The number of halogens is 3. The standard InChI is InChI=1S/C24H21Br2ClN2O2/c1-14-4-7-22(16(3)8-14)28-12-17-9-18(25)10-20(26)24(17)31-13-23(30)29-19-6-5-15(2)21(27)11-19/h4-12H,13H2,1-3H3,(H,29,30). The summed E-state index contributed by atoms with van der Waals surface area (Å²) in [5.41, 5.74) is 5.46. The van der Waals surface area contributed by atoms with Crippen LogP contribution in [0.25, 0.3) is 0 Å². The van der Waals surface area contributed by atoms with Crippen molar-refractivity contribution >= 4 is 67.0 Å². The molecule has 0 unspecified atom stereocenters. The number of anilines is 1. The summed E-state index contributed by atoms with van der Waals surface area (Å²) < 4.78 is 7.43. The lowest BCUT2D eigenvalue weighted by Gasteiger charge is -2.13. The van der Waals surface area contributed by atoms with Crippen molar-refractivity contribution < 1.29 is 9.53 Å². The molecule has 7 heteroatoms. The Labute approximate surface area is 203 Å². The largest absolute Gasteiger partial charge is 0.482 e. The minimum Gasteiger partial charge on any atom is -0.482 e. The molecule has 0 bridgehead atoms. The lowest BCUT2D eigenvalue weighted by molar-refractivity contribution is -0.118. The van der Waals surface area contributed by atoms with Crippen molar-refractivity contribution in [3.63, 3.8) is 0 Å². The number of aryl methyl sites for hydroxylation is 3. The molecule has 3 rings (SSSR count). The lowest BCUT2D eigenvalue weighted by Crippen LogP contribution is -2.20. The lowest BCUT2D eigenvalue weighted by atomic mass is 10.1. The van der Waals surface area contributed by atoms with Crippen molar-refractivity contribution in [1.29, 1.82) is 0 Å². The van der Waals surface area contributed by atoms with Crippen molar-refractivity contribution in [2.45, 2.75) is 20.8 Å². The van der Waals surface area contributed by atoms with E-state index in [2.05, 4.69) is 48.2 Å². The molecule has 0 aliphatic rings. The summed E-state index contributed by atoms with van der Waals surface area (Å²) in [5.74, 6) is 0.251. The van der Waals surface area contributed by atoms with E-state index in [9.17, 15) is 4.79 Å². The predicted molar refractivity (Wildman–Crippen MR) is 135 cm³/mol. The first kappa shape index (κ1) is 23.5. The molecule has 3 aromatic carbocycles. The van der Waals surface area contributed by atoms with Gasteiger partial charge in [-0.25, -0.2) is 0 Å². The maximum Gasteiger partial charge on any atom is 0.262 e. The molecule has 4 nitrogen and oxygen atoms in total. The zero-order valence-electron chi connectivity index (χ0n) is 17.3. The Morgan fingerprint density at radius 3 is 2.55 bits per heavy atom. The van der Waals surface area contributed by atoms with E-state index >= 15 is 0 Å². The zero-order chi connectivity index (χ0) is 22.5. The van der Waals surface area contributed by atoms with E-state index in [4.69, 9.17) is 16.3 Å². The number of benzene rings is 3. The summed E-state index contributed by atoms with van der Waals surface area (Å²) in [4.78, 5) is 17.0. The Bertz CT molecular complexity index is 1160. The molecule has 3 aromatic rings. The molecule has 0 saturated heterocycles. The van der Waals surface area contributed by atoms with Crippen LogP contribution in [0.15, 0.2) is 62.5 Å². The molecule has 0 radical (unpaired) electrons. The minimum absolute atomic E-state index is 0.157. The van der Waals surface area contributed by atoms with Gasteiger partial charge in [-0.05, 0) is 78.2 Å². The SMILES string of the molecule is Cc1ccc(N=Cc2cc(Br)cc(Br)c2OCC(=O)Nc2ccc(C)c(Cl)c2)c(C)c1. The molecule has 0 aliphatic carbocycles. The van der Waals surface area contributed by atoms with Crippen LogP contribution >= 0.6 is 43.5 Å². The number of nitrogens with zero attached hydrogens (tertiary/aromatic N) is 1. The molecule has 31 heavy (non-hydrogen) atoms. The van der Waals surface area contributed by atoms with Gasteiger partial charge >= 0.3 is 0 Å². The fourth-order valence-corrected chi connectivity index (χ4v) is 4.48. The van der Waals surface area contributed by atoms with Crippen molar-refractivity contribution in [2.24, 2.45) is 4.99 Å². The number of aliphatic imine (C=N–C) groups is 1. The highest BCUT2D eigenvalue weighted by Gasteiger charge is 2.12. The van der Waals surface area contributed by atoms with E-state index in [-0.39, 0.29) is 12.5 Å². The smallest absolute Gasteiger partial charge is 0.262 e. The molecule has 1 amide bonds. The Morgan fingerprint density at radius 1 is 1.06 bits per heavy atom. The first-order valence-electron chi connectivity index (χ1n) is 9.52. The fourth-order valence-electron chi connectivity index (χ4n) is 2.92. The predicted octanol–water partition coefficient (Wildman–Crippen LogP) is 7.56. The molecular weight excluding hydrogens is 544 g/mol. The van der Waals surface area contributed by atoms with Crippen molar-refractivity contribution in [2.75, 3.05) is 11.9 Å². The van der Waals surface area contributed by atoms with Crippen LogP contribution in [-0.4, -0.2) is 18.7 Å². The summed E-state index contributed by atoms with van der Waals surface area (Å²) in [6.45, 7) is 5.82. The third-order valence-corrected chi connectivity index (χ3v) is 5.99. The number of carbonyl (C=O) groups excluding carboxylic acids is 1. The normalized spacial score (nSPS) is 11.0. The zero-order valence-corrected chi connectivity index (χ0v) is 21.2. The van der Waals surface area contributed by atoms with Crippen LogP contribution in [0, 0.1) is 20.8 Å². The number of carbonyl (C=O) groups is 1.